The third-order valence-corrected chi connectivity index (χ3v) is 6.31. The van der Waals surface area contributed by atoms with Crippen molar-refractivity contribution in [1.29, 1.82) is 0 Å². The molecule has 0 unspecified atom stereocenters. The van der Waals surface area contributed by atoms with Gasteiger partial charge in [-0.25, -0.2) is 5.43 Å². The molecule has 0 saturated carbocycles. The predicted molar refractivity (Wildman–Crippen MR) is 149 cm³/mol. The van der Waals surface area contributed by atoms with Gasteiger partial charge in [0.1, 0.15) is 12.4 Å². The normalized spacial score (nSPS) is 13.2. The lowest BCUT2D eigenvalue weighted by Crippen LogP contribution is -2.21. The third kappa shape index (κ3) is 6.67. The molecule has 1 saturated heterocycles. The highest BCUT2D eigenvalue weighted by Crippen LogP contribution is 2.24. The van der Waals surface area contributed by atoms with Crippen molar-refractivity contribution in [3.63, 3.8) is 0 Å². The summed E-state index contributed by atoms with van der Waals surface area (Å²) < 4.78 is 6.01. The van der Waals surface area contributed by atoms with Crippen molar-refractivity contribution in [2.24, 2.45) is 5.10 Å². The van der Waals surface area contributed by atoms with E-state index in [0.29, 0.717) is 40.2 Å². The summed E-state index contributed by atoms with van der Waals surface area (Å²) in [6, 6.07) is 22.7. The van der Waals surface area contributed by atoms with Crippen LogP contribution in [0, 0.1) is 0 Å². The molecule has 0 atom stereocenters. The molecular formula is C27H25Cl2N7O. The highest BCUT2D eigenvalue weighted by atomic mass is 35.5. The van der Waals surface area contributed by atoms with Crippen molar-refractivity contribution in [3.05, 3.63) is 94.0 Å². The van der Waals surface area contributed by atoms with Crippen LogP contribution in [-0.4, -0.2) is 34.3 Å². The first-order valence-electron chi connectivity index (χ1n) is 11.9. The van der Waals surface area contributed by atoms with E-state index in [4.69, 9.17) is 27.9 Å². The van der Waals surface area contributed by atoms with E-state index in [1.807, 2.05) is 60.7 Å². The quantitative estimate of drug-likeness (QED) is 0.186. The van der Waals surface area contributed by atoms with Crippen molar-refractivity contribution >= 4 is 52.9 Å². The smallest absolute Gasteiger partial charge is 0.250 e. The molecule has 0 bridgehead atoms. The monoisotopic (exact) mass is 533 g/mol. The van der Waals surface area contributed by atoms with Gasteiger partial charge < -0.3 is 15.0 Å². The minimum absolute atomic E-state index is 0.301. The Kier molecular flexibility index (Phi) is 7.98. The molecule has 1 aromatic heterocycles. The van der Waals surface area contributed by atoms with Crippen LogP contribution in [0.25, 0.3) is 0 Å². The third-order valence-electron chi connectivity index (χ3n) is 5.73. The molecule has 37 heavy (non-hydrogen) atoms. The van der Waals surface area contributed by atoms with Crippen LogP contribution < -0.4 is 20.4 Å². The molecule has 4 aromatic rings. The van der Waals surface area contributed by atoms with Crippen LogP contribution in [0.15, 0.2) is 77.9 Å². The minimum atomic E-state index is 0.301. The van der Waals surface area contributed by atoms with Gasteiger partial charge in [0.15, 0.2) is 0 Å². The Bertz CT molecular complexity index is 1380. The molecule has 188 valence electrons. The zero-order valence-electron chi connectivity index (χ0n) is 19.9. The second-order valence-electron chi connectivity index (χ2n) is 8.40. The van der Waals surface area contributed by atoms with Gasteiger partial charge in [-0.15, -0.1) is 0 Å². The standard InChI is InChI=1S/C27H25Cl2N7O/c28-21-13-12-20(23(29)16-21)18-37-24-11-5-4-8-19(24)17-30-35-26-32-25(31-22-9-2-1-3-10-22)33-27(34-26)36-14-6-7-15-36/h1-5,8-13,16-17H,6-7,14-15,18H2,(H2,31,32,33,34,35)/b30-17-. The lowest BCUT2D eigenvalue weighted by Gasteiger charge is -2.16. The topological polar surface area (TPSA) is 87.6 Å². The number of hydrogen-bond acceptors (Lipinski definition) is 8. The second-order valence-corrected chi connectivity index (χ2v) is 9.24. The van der Waals surface area contributed by atoms with Crippen molar-refractivity contribution < 1.29 is 4.74 Å². The van der Waals surface area contributed by atoms with Crippen LogP contribution in [0.1, 0.15) is 24.0 Å². The first kappa shape index (κ1) is 24.8. The Morgan fingerprint density at radius 2 is 1.65 bits per heavy atom. The molecule has 0 radical (unpaired) electrons. The van der Waals surface area contributed by atoms with E-state index in [9.17, 15) is 0 Å². The van der Waals surface area contributed by atoms with E-state index in [1.54, 1.807) is 18.3 Å². The number of nitrogens with one attached hydrogen (secondary N) is 2. The fourth-order valence-electron chi connectivity index (χ4n) is 3.85. The van der Waals surface area contributed by atoms with Crippen molar-refractivity contribution in [2.75, 3.05) is 28.7 Å². The number of halogens is 2. The number of hydrazone groups is 1. The van der Waals surface area contributed by atoms with E-state index in [1.165, 1.54) is 0 Å². The van der Waals surface area contributed by atoms with E-state index in [0.717, 1.165) is 42.7 Å². The fraction of sp³-hybridized carbons (Fsp3) is 0.185. The number of anilines is 4. The van der Waals surface area contributed by atoms with Gasteiger partial charge in [-0.2, -0.15) is 20.1 Å². The van der Waals surface area contributed by atoms with Crippen molar-refractivity contribution in [2.45, 2.75) is 19.4 Å². The van der Waals surface area contributed by atoms with Gasteiger partial charge in [-0.05, 0) is 49.2 Å². The maximum Gasteiger partial charge on any atom is 0.250 e. The van der Waals surface area contributed by atoms with Crippen LogP contribution in [0.3, 0.4) is 0 Å². The van der Waals surface area contributed by atoms with E-state index in [2.05, 4.69) is 35.7 Å². The van der Waals surface area contributed by atoms with E-state index in [-0.39, 0.29) is 0 Å². The molecule has 0 amide bonds. The molecule has 3 aromatic carbocycles. The first-order chi connectivity index (χ1) is 18.1. The molecule has 2 N–H and O–H groups in total. The molecule has 0 aliphatic carbocycles. The van der Waals surface area contributed by atoms with Gasteiger partial charge in [0.2, 0.25) is 17.8 Å². The van der Waals surface area contributed by atoms with Crippen LogP contribution >= 0.6 is 23.2 Å². The number of nitrogens with zero attached hydrogens (tertiary/aromatic N) is 5. The summed E-state index contributed by atoms with van der Waals surface area (Å²) in [5.41, 5.74) is 5.47. The Morgan fingerprint density at radius 3 is 2.46 bits per heavy atom. The average Bonchev–Trinajstić information content (AvgIpc) is 3.45. The summed E-state index contributed by atoms with van der Waals surface area (Å²) in [7, 11) is 0. The number of aromatic nitrogens is 3. The van der Waals surface area contributed by atoms with E-state index >= 15 is 0 Å². The van der Waals surface area contributed by atoms with Gasteiger partial charge >= 0.3 is 0 Å². The van der Waals surface area contributed by atoms with Gasteiger partial charge in [-0.1, -0.05) is 59.6 Å². The van der Waals surface area contributed by atoms with Gasteiger partial charge in [-0.3, -0.25) is 0 Å². The fourth-order valence-corrected chi connectivity index (χ4v) is 4.32. The summed E-state index contributed by atoms with van der Waals surface area (Å²) in [5, 5.41) is 8.76. The SMILES string of the molecule is Clc1ccc(COc2ccccc2/C=N\Nc2nc(Nc3ccccc3)nc(N3CCCC3)n2)c(Cl)c1. The highest BCUT2D eigenvalue weighted by Gasteiger charge is 2.17. The Balaban J connectivity index is 1.31. The van der Waals surface area contributed by atoms with E-state index < -0.39 is 0 Å². The maximum absolute atomic E-state index is 6.28. The Labute approximate surface area is 225 Å². The van der Waals surface area contributed by atoms with Gasteiger partial charge in [0, 0.05) is 39.9 Å². The Hall–Kier alpha value is -3.88. The summed E-state index contributed by atoms with van der Waals surface area (Å²) in [6.45, 7) is 2.13. The number of para-hydroxylation sites is 2. The summed E-state index contributed by atoms with van der Waals surface area (Å²) in [5.74, 6) is 2.08. The van der Waals surface area contributed by atoms with Crippen molar-refractivity contribution in [3.8, 4) is 5.75 Å². The zero-order chi connectivity index (χ0) is 25.5. The highest BCUT2D eigenvalue weighted by molar-refractivity contribution is 6.35. The maximum atomic E-state index is 6.28. The summed E-state index contributed by atoms with van der Waals surface area (Å²) >= 11 is 12.3. The van der Waals surface area contributed by atoms with Crippen LogP contribution in [-0.2, 0) is 6.61 Å². The Morgan fingerprint density at radius 1 is 0.892 bits per heavy atom. The van der Waals surface area contributed by atoms with Crippen LogP contribution in [0.5, 0.6) is 5.75 Å². The molecular weight excluding hydrogens is 509 g/mol. The van der Waals surface area contributed by atoms with Crippen molar-refractivity contribution in [1.82, 2.24) is 15.0 Å². The molecule has 1 aliphatic heterocycles. The molecule has 5 rings (SSSR count). The lowest BCUT2D eigenvalue weighted by atomic mass is 10.2. The van der Waals surface area contributed by atoms with Gasteiger partial charge in [0.25, 0.3) is 0 Å². The number of benzene rings is 3. The first-order valence-corrected chi connectivity index (χ1v) is 12.7. The molecule has 0 spiro atoms. The number of hydrogen-bond donors (Lipinski definition) is 2. The molecule has 8 nitrogen and oxygen atoms in total. The van der Waals surface area contributed by atoms with Crippen LogP contribution in [0.2, 0.25) is 10.0 Å². The second kappa shape index (κ2) is 11.9. The number of ether oxygens (including phenoxy) is 1. The summed E-state index contributed by atoms with van der Waals surface area (Å²) in [6.07, 6.45) is 3.90. The predicted octanol–water partition coefficient (Wildman–Crippen LogP) is 6.55. The largest absolute Gasteiger partial charge is 0.488 e. The lowest BCUT2D eigenvalue weighted by molar-refractivity contribution is 0.306. The number of rotatable bonds is 9. The molecule has 10 heteroatoms. The average molecular weight is 534 g/mol. The molecule has 1 aliphatic rings. The van der Waals surface area contributed by atoms with Gasteiger partial charge in [0.05, 0.1) is 6.21 Å². The molecule has 1 fully saturated rings. The molecule has 2 heterocycles. The minimum Gasteiger partial charge on any atom is -0.488 e. The summed E-state index contributed by atoms with van der Waals surface area (Å²) in [4.78, 5) is 15.9. The zero-order valence-corrected chi connectivity index (χ0v) is 21.5. The van der Waals surface area contributed by atoms with Crippen LogP contribution in [0.4, 0.5) is 23.5 Å².